The minimum atomic E-state index is -0.295. The number of aromatic nitrogens is 2. The number of nitrogens with one attached hydrogen (secondary N) is 2. The largest absolute Gasteiger partial charge is 0.450 e. The second-order valence-corrected chi connectivity index (χ2v) is 6.56. The average molecular weight is 383 g/mol. The highest BCUT2D eigenvalue weighted by atomic mass is 16.6. The molecule has 1 aromatic carbocycles. The number of anilines is 1. The Morgan fingerprint density at radius 1 is 1.14 bits per heavy atom. The molecule has 2 heterocycles. The van der Waals surface area contributed by atoms with Gasteiger partial charge in [-0.15, -0.1) is 0 Å². The van der Waals surface area contributed by atoms with Crippen LogP contribution in [-0.4, -0.2) is 52.6 Å². The minimum Gasteiger partial charge on any atom is -0.450 e. The predicted octanol–water partition coefficient (Wildman–Crippen LogP) is 2.44. The molecule has 2 aromatic rings. The third kappa shape index (κ3) is 5.42. The van der Waals surface area contributed by atoms with Crippen molar-refractivity contribution in [3.63, 3.8) is 0 Å². The lowest BCUT2D eigenvalue weighted by Gasteiger charge is -2.31. The highest BCUT2D eigenvalue weighted by molar-refractivity contribution is 5.92. The summed E-state index contributed by atoms with van der Waals surface area (Å²) >= 11 is 0. The summed E-state index contributed by atoms with van der Waals surface area (Å²) in [6.45, 7) is 3.93. The zero-order valence-electron chi connectivity index (χ0n) is 15.9. The fourth-order valence-electron chi connectivity index (χ4n) is 3.01. The van der Waals surface area contributed by atoms with Crippen LogP contribution < -0.4 is 10.6 Å². The molecule has 1 fully saturated rings. The molecule has 1 saturated heterocycles. The van der Waals surface area contributed by atoms with Gasteiger partial charge in [0, 0.05) is 25.7 Å². The summed E-state index contributed by atoms with van der Waals surface area (Å²) in [6.07, 6.45) is 4.11. The zero-order chi connectivity index (χ0) is 19.8. The number of hydrogen-bond donors (Lipinski definition) is 2. The van der Waals surface area contributed by atoms with Gasteiger partial charge in [-0.1, -0.05) is 30.3 Å². The lowest BCUT2D eigenvalue weighted by atomic mass is 10.1. The Morgan fingerprint density at radius 2 is 1.89 bits per heavy atom. The van der Waals surface area contributed by atoms with Crippen molar-refractivity contribution in [2.75, 3.05) is 25.0 Å². The van der Waals surface area contributed by atoms with E-state index in [9.17, 15) is 9.59 Å². The van der Waals surface area contributed by atoms with Gasteiger partial charge in [-0.3, -0.25) is 4.79 Å². The molecule has 1 aliphatic rings. The number of amides is 2. The molecule has 1 aromatic heterocycles. The Hall–Kier alpha value is -3.16. The first-order valence-corrected chi connectivity index (χ1v) is 9.48. The van der Waals surface area contributed by atoms with Gasteiger partial charge in [-0.05, 0) is 25.3 Å². The second kappa shape index (κ2) is 9.68. The van der Waals surface area contributed by atoms with Crippen LogP contribution in [0.3, 0.4) is 0 Å². The average Bonchev–Trinajstić information content (AvgIpc) is 2.74. The fraction of sp³-hybridized carbons (Fsp3) is 0.400. The molecule has 0 unspecified atom stereocenters. The van der Waals surface area contributed by atoms with Crippen LogP contribution in [0.4, 0.5) is 10.6 Å². The number of ether oxygens (including phenoxy) is 1. The molecule has 0 aliphatic carbocycles. The van der Waals surface area contributed by atoms with E-state index in [4.69, 9.17) is 4.74 Å². The topological polar surface area (TPSA) is 96.5 Å². The Kier molecular flexibility index (Phi) is 6.78. The molecule has 0 atom stereocenters. The van der Waals surface area contributed by atoms with E-state index < -0.39 is 0 Å². The molecule has 2 N–H and O–H groups in total. The van der Waals surface area contributed by atoms with E-state index in [1.54, 1.807) is 18.0 Å². The van der Waals surface area contributed by atoms with Crippen LogP contribution in [-0.2, 0) is 11.3 Å². The summed E-state index contributed by atoms with van der Waals surface area (Å²) in [5, 5.41) is 6.14. The van der Waals surface area contributed by atoms with Crippen LogP contribution in [0.25, 0.3) is 0 Å². The van der Waals surface area contributed by atoms with Crippen molar-refractivity contribution >= 4 is 17.8 Å². The van der Waals surface area contributed by atoms with E-state index in [0.29, 0.717) is 44.9 Å². The molecule has 2 amide bonds. The van der Waals surface area contributed by atoms with Crippen LogP contribution >= 0.6 is 0 Å². The Labute approximate surface area is 164 Å². The molecule has 0 radical (unpaired) electrons. The van der Waals surface area contributed by atoms with E-state index in [1.165, 1.54) is 6.20 Å². The molecular formula is C20H25N5O3. The van der Waals surface area contributed by atoms with Crippen molar-refractivity contribution in [3.05, 3.63) is 54.0 Å². The molecule has 1 aliphatic heterocycles. The summed E-state index contributed by atoms with van der Waals surface area (Å²) < 4.78 is 5.00. The third-order valence-electron chi connectivity index (χ3n) is 4.56. The number of piperidine rings is 1. The van der Waals surface area contributed by atoms with Crippen LogP contribution in [0.1, 0.15) is 35.8 Å². The quantitative estimate of drug-likeness (QED) is 0.795. The van der Waals surface area contributed by atoms with Crippen LogP contribution in [0.2, 0.25) is 0 Å². The lowest BCUT2D eigenvalue weighted by Crippen LogP contribution is -2.46. The molecule has 0 bridgehead atoms. The summed E-state index contributed by atoms with van der Waals surface area (Å²) in [5.41, 5.74) is 1.42. The van der Waals surface area contributed by atoms with Crippen molar-refractivity contribution in [3.8, 4) is 0 Å². The third-order valence-corrected chi connectivity index (χ3v) is 4.56. The van der Waals surface area contributed by atoms with Crippen LogP contribution in [0, 0.1) is 0 Å². The molecule has 0 spiro atoms. The molecule has 3 rings (SSSR count). The van der Waals surface area contributed by atoms with Crippen molar-refractivity contribution in [1.82, 2.24) is 20.2 Å². The number of carbonyl (C=O) groups excluding carboxylic acids is 2. The van der Waals surface area contributed by atoms with Crippen molar-refractivity contribution in [1.29, 1.82) is 0 Å². The highest BCUT2D eigenvalue weighted by Gasteiger charge is 2.25. The van der Waals surface area contributed by atoms with E-state index >= 15 is 0 Å². The lowest BCUT2D eigenvalue weighted by molar-refractivity contribution is 0.0856. The SMILES string of the molecule is CCOC(=O)N1CCC(NC(=O)c2cnc(NCc3ccccc3)cn2)CC1. The number of likely N-dealkylation sites (tertiary alicyclic amines) is 1. The second-order valence-electron chi connectivity index (χ2n) is 6.56. The monoisotopic (exact) mass is 383 g/mol. The maximum Gasteiger partial charge on any atom is 0.409 e. The van der Waals surface area contributed by atoms with Gasteiger partial charge in [0.15, 0.2) is 0 Å². The molecule has 28 heavy (non-hydrogen) atoms. The van der Waals surface area contributed by atoms with Crippen molar-refractivity contribution < 1.29 is 14.3 Å². The van der Waals surface area contributed by atoms with Gasteiger partial charge in [0.05, 0.1) is 19.0 Å². The van der Waals surface area contributed by atoms with Gasteiger partial charge < -0.3 is 20.3 Å². The van der Waals surface area contributed by atoms with E-state index in [0.717, 1.165) is 5.56 Å². The number of rotatable bonds is 6. The summed E-state index contributed by atoms with van der Waals surface area (Å²) in [4.78, 5) is 34.2. The Bertz CT molecular complexity index is 774. The molecular weight excluding hydrogens is 358 g/mol. The van der Waals surface area contributed by atoms with Gasteiger partial charge >= 0.3 is 6.09 Å². The van der Waals surface area contributed by atoms with Crippen molar-refractivity contribution in [2.45, 2.75) is 32.4 Å². The summed E-state index contributed by atoms with van der Waals surface area (Å²) in [5.74, 6) is 0.361. The molecule has 8 nitrogen and oxygen atoms in total. The van der Waals surface area contributed by atoms with Gasteiger partial charge in [0.2, 0.25) is 0 Å². The van der Waals surface area contributed by atoms with Gasteiger partial charge in [-0.2, -0.15) is 0 Å². The first-order valence-electron chi connectivity index (χ1n) is 9.48. The number of carbonyl (C=O) groups is 2. The Morgan fingerprint density at radius 3 is 2.54 bits per heavy atom. The highest BCUT2D eigenvalue weighted by Crippen LogP contribution is 2.12. The first-order chi connectivity index (χ1) is 13.7. The van der Waals surface area contributed by atoms with E-state index in [-0.39, 0.29) is 23.7 Å². The maximum absolute atomic E-state index is 12.4. The molecule has 8 heteroatoms. The van der Waals surface area contributed by atoms with Crippen molar-refractivity contribution in [2.24, 2.45) is 0 Å². The smallest absolute Gasteiger partial charge is 0.409 e. The van der Waals surface area contributed by atoms with Gasteiger partial charge in [0.1, 0.15) is 11.5 Å². The minimum absolute atomic E-state index is 0.0101. The normalized spacial score (nSPS) is 14.4. The number of benzene rings is 1. The predicted molar refractivity (Wildman–Crippen MR) is 105 cm³/mol. The fourth-order valence-corrected chi connectivity index (χ4v) is 3.01. The number of nitrogens with zero attached hydrogens (tertiary/aromatic N) is 3. The summed E-state index contributed by atoms with van der Waals surface area (Å²) in [7, 11) is 0. The summed E-state index contributed by atoms with van der Waals surface area (Å²) in [6, 6.07) is 9.99. The standard InChI is InChI=1S/C20H25N5O3/c1-2-28-20(27)25-10-8-16(9-11-25)24-19(26)17-13-23-18(14-21-17)22-12-15-6-4-3-5-7-15/h3-7,13-14,16H,2,8-12H2,1H3,(H,22,23)(H,24,26). The maximum atomic E-state index is 12.4. The van der Waals surface area contributed by atoms with E-state index in [2.05, 4.69) is 20.6 Å². The molecule has 148 valence electrons. The van der Waals surface area contributed by atoms with Crippen LogP contribution in [0.5, 0.6) is 0 Å². The van der Waals surface area contributed by atoms with E-state index in [1.807, 2.05) is 30.3 Å². The van der Waals surface area contributed by atoms with Crippen LogP contribution in [0.15, 0.2) is 42.7 Å². The Balaban J connectivity index is 1.45. The van der Waals surface area contributed by atoms with Gasteiger partial charge in [0.25, 0.3) is 5.91 Å². The number of hydrogen-bond acceptors (Lipinski definition) is 6. The van der Waals surface area contributed by atoms with Gasteiger partial charge in [-0.25, -0.2) is 14.8 Å². The first kappa shape index (κ1) is 19.6. The molecule has 0 saturated carbocycles. The zero-order valence-corrected chi connectivity index (χ0v) is 15.9.